The molecule has 2 nitrogen and oxygen atoms in total. The smallest absolute Gasteiger partial charge is 0.188 e. The van der Waals surface area contributed by atoms with Crippen molar-refractivity contribution >= 4 is 40.2 Å². The van der Waals surface area contributed by atoms with E-state index in [2.05, 4.69) is 0 Å². The topological polar surface area (TPSA) is 20.3 Å². The molecule has 1 aliphatic heterocycles. The van der Waals surface area contributed by atoms with Crippen molar-refractivity contribution < 1.29 is 4.79 Å². The van der Waals surface area contributed by atoms with Gasteiger partial charge in [-0.05, 0) is 11.6 Å². The number of hydrogen-bond acceptors (Lipinski definition) is 3. The molecule has 16 heavy (non-hydrogen) atoms. The first-order chi connectivity index (χ1) is 7.66. The molecular formula is C12H11NOS2. The molecule has 0 unspecified atom stereocenters. The SMILES string of the molecule is CN1CC(=O)C(=Cc2ccccc2)SC1=S. The highest BCUT2D eigenvalue weighted by Crippen LogP contribution is 2.27. The molecule has 1 aliphatic rings. The highest BCUT2D eigenvalue weighted by Gasteiger charge is 2.23. The molecule has 0 radical (unpaired) electrons. The van der Waals surface area contributed by atoms with Crippen molar-refractivity contribution in [3.05, 3.63) is 40.8 Å². The monoisotopic (exact) mass is 249 g/mol. The zero-order valence-electron chi connectivity index (χ0n) is 8.84. The molecular weight excluding hydrogens is 238 g/mol. The summed E-state index contributed by atoms with van der Waals surface area (Å²) >= 11 is 6.54. The fourth-order valence-corrected chi connectivity index (χ4v) is 2.51. The minimum absolute atomic E-state index is 0.130. The Bertz CT molecular complexity index is 453. The van der Waals surface area contributed by atoms with Crippen LogP contribution in [0.2, 0.25) is 0 Å². The summed E-state index contributed by atoms with van der Waals surface area (Å²) in [6.07, 6.45) is 1.90. The lowest BCUT2D eigenvalue weighted by Gasteiger charge is -2.24. The molecule has 1 fully saturated rings. The highest BCUT2D eigenvalue weighted by atomic mass is 32.2. The molecule has 0 spiro atoms. The first-order valence-electron chi connectivity index (χ1n) is 4.90. The van der Waals surface area contributed by atoms with Crippen molar-refractivity contribution in [2.24, 2.45) is 0 Å². The number of carbonyl (C=O) groups excluding carboxylic acids is 1. The van der Waals surface area contributed by atoms with Gasteiger partial charge >= 0.3 is 0 Å². The van der Waals surface area contributed by atoms with E-state index in [4.69, 9.17) is 12.2 Å². The second kappa shape index (κ2) is 4.80. The van der Waals surface area contributed by atoms with Crippen LogP contribution in [-0.4, -0.2) is 28.6 Å². The fraction of sp³-hybridized carbons (Fsp3) is 0.167. The van der Waals surface area contributed by atoms with Gasteiger partial charge in [0, 0.05) is 7.05 Å². The van der Waals surface area contributed by atoms with E-state index in [1.165, 1.54) is 11.8 Å². The Morgan fingerprint density at radius 1 is 1.38 bits per heavy atom. The average molecular weight is 249 g/mol. The predicted molar refractivity (Wildman–Crippen MR) is 72.2 cm³/mol. The lowest BCUT2D eigenvalue weighted by atomic mass is 10.2. The number of carbonyl (C=O) groups is 1. The number of ketones is 1. The number of benzene rings is 1. The molecule has 0 bridgehead atoms. The fourth-order valence-electron chi connectivity index (χ4n) is 1.40. The molecule has 1 aromatic rings. The molecule has 0 saturated carbocycles. The van der Waals surface area contributed by atoms with Crippen LogP contribution in [0, 0.1) is 0 Å². The van der Waals surface area contributed by atoms with Crippen LogP contribution >= 0.6 is 24.0 Å². The van der Waals surface area contributed by atoms with E-state index in [1.54, 1.807) is 4.90 Å². The molecule has 4 heteroatoms. The Balaban J connectivity index is 2.25. The van der Waals surface area contributed by atoms with Gasteiger partial charge in [0.05, 0.1) is 11.4 Å². The number of hydrogen-bond donors (Lipinski definition) is 0. The van der Waals surface area contributed by atoms with Gasteiger partial charge in [0.15, 0.2) is 5.78 Å². The molecule has 1 aromatic carbocycles. The zero-order valence-corrected chi connectivity index (χ0v) is 10.5. The Morgan fingerprint density at radius 3 is 2.75 bits per heavy atom. The average Bonchev–Trinajstić information content (AvgIpc) is 2.27. The Hall–Kier alpha value is -1.13. The van der Waals surface area contributed by atoms with E-state index < -0.39 is 0 Å². The second-order valence-electron chi connectivity index (χ2n) is 3.57. The van der Waals surface area contributed by atoms with Gasteiger partial charge in [-0.3, -0.25) is 4.79 Å². The normalized spacial score (nSPS) is 19.3. The third-order valence-electron chi connectivity index (χ3n) is 2.26. The number of Topliss-reactive ketones (excluding diaryl/α,β-unsaturated/α-hetero) is 1. The summed E-state index contributed by atoms with van der Waals surface area (Å²) in [5.74, 6) is 0.130. The number of nitrogens with zero attached hydrogens (tertiary/aromatic N) is 1. The van der Waals surface area contributed by atoms with Crippen LogP contribution in [0.4, 0.5) is 0 Å². The molecule has 1 saturated heterocycles. The maximum atomic E-state index is 11.8. The van der Waals surface area contributed by atoms with E-state index >= 15 is 0 Å². The zero-order chi connectivity index (χ0) is 11.5. The molecule has 1 heterocycles. The van der Waals surface area contributed by atoms with E-state index in [0.29, 0.717) is 6.54 Å². The lowest BCUT2D eigenvalue weighted by Crippen LogP contribution is -2.34. The van der Waals surface area contributed by atoms with Crippen LogP contribution in [0.15, 0.2) is 35.2 Å². The first kappa shape index (κ1) is 11.4. The van der Waals surface area contributed by atoms with Crippen molar-refractivity contribution in [1.82, 2.24) is 4.90 Å². The lowest BCUT2D eigenvalue weighted by molar-refractivity contribution is -0.115. The molecule has 0 amide bonds. The number of thioether (sulfide) groups is 1. The summed E-state index contributed by atoms with van der Waals surface area (Å²) in [4.78, 5) is 14.3. The quantitative estimate of drug-likeness (QED) is 0.563. The van der Waals surface area contributed by atoms with Crippen LogP contribution in [0.25, 0.3) is 6.08 Å². The molecule has 82 valence electrons. The van der Waals surface area contributed by atoms with Crippen LogP contribution < -0.4 is 0 Å². The predicted octanol–water partition coefficient (Wildman–Crippen LogP) is 2.56. The third-order valence-corrected chi connectivity index (χ3v) is 3.88. The maximum absolute atomic E-state index is 11.8. The Kier molecular flexibility index (Phi) is 3.41. The molecule has 0 aliphatic carbocycles. The second-order valence-corrected chi connectivity index (χ2v) is 5.24. The van der Waals surface area contributed by atoms with Gasteiger partial charge in [0.2, 0.25) is 0 Å². The van der Waals surface area contributed by atoms with Gasteiger partial charge in [-0.2, -0.15) is 0 Å². The largest absolute Gasteiger partial charge is 0.353 e. The number of thiocarbonyl (C=S) groups is 1. The summed E-state index contributed by atoms with van der Waals surface area (Å²) in [7, 11) is 1.84. The van der Waals surface area contributed by atoms with Crippen molar-refractivity contribution in [3.63, 3.8) is 0 Å². The van der Waals surface area contributed by atoms with Crippen LogP contribution in [0.3, 0.4) is 0 Å². The Labute approximate surface area is 104 Å². The van der Waals surface area contributed by atoms with Crippen LogP contribution in [-0.2, 0) is 4.79 Å². The summed E-state index contributed by atoms with van der Waals surface area (Å²) in [6.45, 7) is 0.379. The van der Waals surface area contributed by atoms with E-state index in [0.717, 1.165) is 14.8 Å². The van der Waals surface area contributed by atoms with Gasteiger partial charge in [-0.25, -0.2) is 0 Å². The van der Waals surface area contributed by atoms with E-state index in [9.17, 15) is 4.79 Å². The highest BCUT2D eigenvalue weighted by molar-refractivity contribution is 8.26. The summed E-state index contributed by atoms with van der Waals surface area (Å²) in [5.41, 5.74) is 1.03. The van der Waals surface area contributed by atoms with E-state index in [-0.39, 0.29) is 5.78 Å². The maximum Gasteiger partial charge on any atom is 0.188 e. The van der Waals surface area contributed by atoms with Crippen molar-refractivity contribution in [2.75, 3.05) is 13.6 Å². The first-order valence-corrected chi connectivity index (χ1v) is 6.12. The molecule has 2 rings (SSSR count). The number of rotatable bonds is 1. The van der Waals surface area contributed by atoms with Crippen LogP contribution in [0.5, 0.6) is 0 Å². The summed E-state index contributed by atoms with van der Waals surface area (Å²) in [6, 6.07) is 9.81. The third kappa shape index (κ3) is 2.51. The van der Waals surface area contributed by atoms with Gasteiger partial charge in [0.1, 0.15) is 4.32 Å². The van der Waals surface area contributed by atoms with Crippen LogP contribution in [0.1, 0.15) is 5.56 Å². The van der Waals surface area contributed by atoms with Gasteiger partial charge in [-0.15, -0.1) is 0 Å². The van der Waals surface area contributed by atoms with Crippen molar-refractivity contribution in [1.29, 1.82) is 0 Å². The standard InChI is InChI=1S/C12H11NOS2/c1-13-8-10(14)11(16-12(13)15)7-9-5-3-2-4-6-9/h2-7H,8H2,1H3. The molecule has 0 atom stereocenters. The van der Waals surface area contributed by atoms with Gasteiger partial charge in [-0.1, -0.05) is 54.3 Å². The molecule has 0 N–H and O–H groups in total. The number of likely N-dealkylation sites (N-methyl/N-ethyl adjacent to an activating group) is 1. The van der Waals surface area contributed by atoms with Crippen molar-refractivity contribution in [3.8, 4) is 0 Å². The summed E-state index contributed by atoms with van der Waals surface area (Å²) < 4.78 is 0.752. The van der Waals surface area contributed by atoms with Gasteiger partial charge in [0.25, 0.3) is 0 Å². The molecule has 0 aromatic heterocycles. The summed E-state index contributed by atoms with van der Waals surface area (Å²) in [5, 5.41) is 0. The Morgan fingerprint density at radius 2 is 2.06 bits per heavy atom. The minimum atomic E-state index is 0.130. The van der Waals surface area contributed by atoms with Gasteiger partial charge < -0.3 is 4.90 Å². The van der Waals surface area contributed by atoms with E-state index in [1.807, 2.05) is 43.5 Å². The van der Waals surface area contributed by atoms with Crippen molar-refractivity contribution in [2.45, 2.75) is 0 Å². The minimum Gasteiger partial charge on any atom is -0.353 e.